The standard InChI is InChI=1S/C12H11BrF2O3/c1-12(2,3)11(17)18-10-8(14)4-7(13)6(5-16)9(10)15/h4-5H,1-3H3. The van der Waals surface area contributed by atoms with Crippen molar-refractivity contribution in [1.82, 2.24) is 0 Å². The van der Waals surface area contributed by atoms with Gasteiger partial charge in [-0.05, 0) is 42.8 Å². The Balaban J connectivity index is 3.26. The largest absolute Gasteiger partial charge is 0.420 e. The third-order valence-corrected chi connectivity index (χ3v) is 2.74. The molecule has 6 heteroatoms. The summed E-state index contributed by atoms with van der Waals surface area (Å²) in [5, 5.41) is 0. The number of ether oxygens (including phenoxy) is 1. The Morgan fingerprint density at radius 3 is 2.39 bits per heavy atom. The van der Waals surface area contributed by atoms with Gasteiger partial charge in [-0.2, -0.15) is 0 Å². The van der Waals surface area contributed by atoms with Gasteiger partial charge in [-0.3, -0.25) is 9.59 Å². The zero-order valence-corrected chi connectivity index (χ0v) is 11.6. The molecule has 0 heterocycles. The topological polar surface area (TPSA) is 43.4 Å². The van der Waals surface area contributed by atoms with Gasteiger partial charge in [0, 0.05) is 4.47 Å². The molecule has 1 aromatic rings. The molecule has 0 aliphatic rings. The zero-order valence-electron chi connectivity index (χ0n) is 10.0. The van der Waals surface area contributed by atoms with Crippen molar-refractivity contribution in [1.29, 1.82) is 0 Å². The Hall–Kier alpha value is -1.30. The van der Waals surface area contributed by atoms with E-state index >= 15 is 0 Å². The van der Waals surface area contributed by atoms with E-state index in [4.69, 9.17) is 0 Å². The monoisotopic (exact) mass is 320 g/mol. The van der Waals surface area contributed by atoms with E-state index in [1.807, 2.05) is 0 Å². The maximum absolute atomic E-state index is 13.8. The summed E-state index contributed by atoms with van der Waals surface area (Å²) in [6.45, 7) is 4.64. The summed E-state index contributed by atoms with van der Waals surface area (Å²) in [6, 6.07) is 0.873. The Bertz CT molecular complexity index is 507. The van der Waals surface area contributed by atoms with Gasteiger partial charge in [0.15, 0.2) is 17.9 Å². The van der Waals surface area contributed by atoms with Crippen LogP contribution in [-0.4, -0.2) is 12.3 Å². The van der Waals surface area contributed by atoms with Crippen molar-refractivity contribution in [2.75, 3.05) is 0 Å². The average molecular weight is 321 g/mol. The van der Waals surface area contributed by atoms with E-state index in [9.17, 15) is 18.4 Å². The third-order valence-electron chi connectivity index (χ3n) is 2.09. The Labute approximate surface area is 111 Å². The molecule has 0 bridgehead atoms. The normalized spacial score (nSPS) is 11.2. The molecule has 0 saturated carbocycles. The van der Waals surface area contributed by atoms with Crippen molar-refractivity contribution in [3.8, 4) is 5.75 Å². The van der Waals surface area contributed by atoms with Gasteiger partial charge in [-0.1, -0.05) is 0 Å². The number of carbonyl (C=O) groups excluding carboxylic acids is 2. The summed E-state index contributed by atoms with van der Waals surface area (Å²) in [5.41, 5.74) is -1.30. The molecule has 0 amide bonds. The summed E-state index contributed by atoms with van der Waals surface area (Å²) < 4.78 is 31.9. The molecular weight excluding hydrogens is 310 g/mol. The van der Waals surface area contributed by atoms with Gasteiger partial charge < -0.3 is 4.74 Å². The van der Waals surface area contributed by atoms with Crippen LogP contribution in [0.1, 0.15) is 31.1 Å². The molecule has 1 aromatic carbocycles. The predicted octanol–water partition coefficient (Wildman–Crippen LogP) is 3.49. The van der Waals surface area contributed by atoms with Crippen molar-refractivity contribution in [3.63, 3.8) is 0 Å². The van der Waals surface area contributed by atoms with Gasteiger partial charge >= 0.3 is 5.97 Å². The van der Waals surface area contributed by atoms with Crippen LogP contribution in [0.5, 0.6) is 5.75 Å². The van der Waals surface area contributed by atoms with Crippen LogP contribution in [-0.2, 0) is 4.79 Å². The highest BCUT2D eigenvalue weighted by Gasteiger charge is 2.28. The van der Waals surface area contributed by atoms with Crippen LogP contribution >= 0.6 is 15.9 Å². The SMILES string of the molecule is CC(C)(C)C(=O)Oc1c(F)cc(Br)c(C=O)c1F. The first-order chi connectivity index (χ1) is 8.18. The molecule has 18 heavy (non-hydrogen) atoms. The van der Waals surface area contributed by atoms with Gasteiger partial charge in [0.05, 0.1) is 11.0 Å². The number of benzene rings is 1. The molecule has 0 fully saturated rings. The highest BCUT2D eigenvalue weighted by molar-refractivity contribution is 9.10. The van der Waals surface area contributed by atoms with Crippen LogP contribution in [0.3, 0.4) is 0 Å². The summed E-state index contributed by atoms with van der Waals surface area (Å²) in [4.78, 5) is 22.2. The predicted molar refractivity (Wildman–Crippen MR) is 64.5 cm³/mol. The smallest absolute Gasteiger partial charge is 0.316 e. The second kappa shape index (κ2) is 5.14. The van der Waals surface area contributed by atoms with E-state index in [2.05, 4.69) is 20.7 Å². The number of esters is 1. The fraction of sp³-hybridized carbons (Fsp3) is 0.333. The highest BCUT2D eigenvalue weighted by Crippen LogP contribution is 2.31. The lowest BCUT2D eigenvalue weighted by Crippen LogP contribution is -2.26. The summed E-state index contributed by atoms with van der Waals surface area (Å²) in [5.74, 6) is -3.91. The molecule has 0 saturated heterocycles. The van der Waals surface area contributed by atoms with Crippen LogP contribution < -0.4 is 4.74 Å². The maximum Gasteiger partial charge on any atom is 0.316 e. The third kappa shape index (κ3) is 2.93. The quantitative estimate of drug-likeness (QED) is 0.476. The van der Waals surface area contributed by atoms with Crippen molar-refractivity contribution >= 4 is 28.2 Å². The number of aldehydes is 1. The lowest BCUT2D eigenvalue weighted by atomic mass is 9.97. The van der Waals surface area contributed by atoms with Crippen molar-refractivity contribution < 1.29 is 23.1 Å². The number of rotatable bonds is 2. The molecule has 0 atom stereocenters. The van der Waals surface area contributed by atoms with E-state index in [1.54, 1.807) is 20.8 Å². The molecule has 0 N–H and O–H groups in total. The van der Waals surface area contributed by atoms with Gasteiger partial charge in [-0.25, -0.2) is 8.78 Å². The lowest BCUT2D eigenvalue weighted by molar-refractivity contribution is -0.143. The molecule has 1 rings (SSSR count). The van der Waals surface area contributed by atoms with E-state index < -0.39 is 34.3 Å². The van der Waals surface area contributed by atoms with Gasteiger partial charge in [0.2, 0.25) is 5.75 Å². The first kappa shape index (κ1) is 14.8. The van der Waals surface area contributed by atoms with Crippen LogP contribution in [0.25, 0.3) is 0 Å². The number of halogens is 3. The summed E-state index contributed by atoms with van der Waals surface area (Å²) in [6.07, 6.45) is 0.216. The van der Waals surface area contributed by atoms with E-state index in [0.29, 0.717) is 0 Å². The zero-order chi connectivity index (χ0) is 14.1. The van der Waals surface area contributed by atoms with Gasteiger partial charge in [-0.15, -0.1) is 0 Å². The molecule has 98 valence electrons. The molecule has 3 nitrogen and oxygen atoms in total. The van der Waals surface area contributed by atoms with Crippen LogP contribution in [0.15, 0.2) is 10.5 Å². The second-order valence-electron chi connectivity index (χ2n) is 4.65. The van der Waals surface area contributed by atoms with Crippen LogP contribution in [0.2, 0.25) is 0 Å². The Morgan fingerprint density at radius 2 is 1.94 bits per heavy atom. The van der Waals surface area contributed by atoms with Gasteiger partial charge in [0.1, 0.15) is 0 Å². The second-order valence-corrected chi connectivity index (χ2v) is 5.51. The van der Waals surface area contributed by atoms with Crippen molar-refractivity contribution in [3.05, 3.63) is 27.7 Å². The molecule has 0 spiro atoms. The molecule has 0 aromatic heterocycles. The first-order valence-corrected chi connectivity index (χ1v) is 5.82. The van der Waals surface area contributed by atoms with E-state index in [0.717, 1.165) is 6.07 Å². The maximum atomic E-state index is 13.8. The lowest BCUT2D eigenvalue weighted by Gasteiger charge is -2.17. The Kier molecular flexibility index (Phi) is 4.21. The van der Waals surface area contributed by atoms with E-state index in [1.165, 1.54) is 0 Å². The highest BCUT2D eigenvalue weighted by atomic mass is 79.9. The number of hydrogen-bond acceptors (Lipinski definition) is 3. The molecular formula is C12H11BrF2O3. The fourth-order valence-electron chi connectivity index (χ4n) is 1.03. The van der Waals surface area contributed by atoms with Crippen molar-refractivity contribution in [2.24, 2.45) is 5.41 Å². The van der Waals surface area contributed by atoms with Crippen LogP contribution in [0, 0.1) is 17.0 Å². The molecule has 0 aliphatic carbocycles. The average Bonchev–Trinajstić information content (AvgIpc) is 2.22. The van der Waals surface area contributed by atoms with Crippen LogP contribution in [0.4, 0.5) is 8.78 Å². The van der Waals surface area contributed by atoms with E-state index in [-0.39, 0.29) is 10.8 Å². The molecule has 0 radical (unpaired) electrons. The van der Waals surface area contributed by atoms with Gasteiger partial charge in [0.25, 0.3) is 0 Å². The molecule has 0 aliphatic heterocycles. The summed E-state index contributed by atoms with van der Waals surface area (Å²) >= 11 is 2.85. The minimum Gasteiger partial charge on any atom is -0.420 e. The minimum atomic E-state index is -1.20. The first-order valence-electron chi connectivity index (χ1n) is 5.03. The minimum absolute atomic E-state index is 0.0388. The number of carbonyl (C=O) groups is 2. The number of hydrogen-bond donors (Lipinski definition) is 0. The molecule has 0 unspecified atom stereocenters. The fourth-order valence-corrected chi connectivity index (χ4v) is 1.50. The Morgan fingerprint density at radius 1 is 1.39 bits per heavy atom. The van der Waals surface area contributed by atoms with Crippen molar-refractivity contribution in [2.45, 2.75) is 20.8 Å². The summed E-state index contributed by atoms with van der Waals surface area (Å²) in [7, 11) is 0.